The Balaban J connectivity index is 1.48. The average Bonchev–Trinajstić information content (AvgIpc) is 3.18. The summed E-state index contributed by atoms with van der Waals surface area (Å²) in [6.45, 7) is 2.85. The number of hydrogen-bond acceptors (Lipinski definition) is 3. The number of carbonyl (C=O) groups excluding carboxylic acids is 1. The molecule has 0 unspecified atom stereocenters. The minimum absolute atomic E-state index is 0.0865. The molecule has 26 heavy (non-hydrogen) atoms. The third-order valence-corrected chi connectivity index (χ3v) is 4.81. The molecule has 1 aliphatic heterocycles. The van der Waals surface area contributed by atoms with Crippen molar-refractivity contribution >= 4 is 23.5 Å². The van der Waals surface area contributed by atoms with Gasteiger partial charge in [0.25, 0.3) is 5.91 Å². The maximum absolute atomic E-state index is 12.6. The Morgan fingerprint density at radius 3 is 2.46 bits per heavy atom. The molecule has 0 atom stereocenters. The first kappa shape index (κ1) is 16.7. The molecule has 2 aromatic carbocycles. The van der Waals surface area contributed by atoms with Gasteiger partial charge < -0.3 is 9.80 Å². The van der Waals surface area contributed by atoms with E-state index in [1.54, 1.807) is 6.20 Å². The highest BCUT2D eigenvalue weighted by Crippen LogP contribution is 2.22. The molecule has 4 rings (SSSR count). The number of imidazole rings is 1. The zero-order valence-electron chi connectivity index (χ0n) is 14.3. The SMILES string of the molecule is O=C(c1ccccc1)N1CCN(c2nccn2-c2cccc(Cl)c2)CC1. The lowest BCUT2D eigenvalue weighted by Crippen LogP contribution is -2.49. The number of carbonyl (C=O) groups is 1. The molecule has 1 fully saturated rings. The average molecular weight is 367 g/mol. The number of piperazine rings is 1. The topological polar surface area (TPSA) is 41.4 Å². The number of halogens is 1. The molecule has 1 saturated heterocycles. The summed E-state index contributed by atoms with van der Waals surface area (Å²) in [5.74, 6) is 0.961. The molecular weight excluding hydrogens is 348 g/mol. The fourth-order valence-corrected chi connectivity index (χ4v) is 3.41. The van der Waals surface area contributed by atoms with E-state index in [-0.39, 0.29) is 5.91 Å². The van der Waals surface area contributed by atoms with Crippen LogP contribution in [0.25, 0.3) is 5.69 Å². The number of amides is 1. The van der Waals surface area contributed by atoms with Gasteiger partial charge in [-0.2, -0.15) is 0 Å². The normalized spacial score (nSPS) is 14.5. The lowest BCUT2D eigenvalue weighted by Gasteiger charge is -2.35. The van der Waals surface area contributed by atoms with Gasteiger partial charge in [0.2, 0.25) is 5.95 Å². The fourth-order valence-electron chi connectivity index (χ4n) is 3.23. The third kappa shape index (κ3) is 3.30. The van der Waals surface area contributed by atoms with Gasteiger partial charge in [0.1, 0.15) is 0 Å². The smallest absolute Gasteiger partial charge is 0.253 e. The lowest BCUT2D eigenvalue weighted by atomic mass is 10.2. The molecular formula is C20H19ClN4O. The zero-order chi connectivity index (χ0) is 17.9. The summed E-state index contributed by atoms with van der Waals surface area (Å²) in [4.78, 5) is 21.2. The van der Waals surface area contributed by atoms with Crippen molar-refractivity contribution in [3.63, 3.8) is 0 Å². The standard InChI is InChI=1S/C20H19ClN4O/c21-17-7-4-8-18(15-17)25-10-9-22-20(25)24-13-11-23(12-14-24)19(26)16-5-2-1-3-6-16/h1-10,15H,11-14H2. The molecule has 0 spiro atoms. The van der Waals surface area contributed by atoms with Gasteiger partial charge in [-0.15, -0.1) is 0 Å². The van der Waals surface area contributed by atoms with E-state index in [1.807, 2.05) is 70.3 Å². The molecule has 3 aromatic rings. The Labute approximate surface area is 157 Å². The van der Waals surface area contributed by atoms with Crippen molar-refractivity contribution in [1.29, 1.82) is 0 Å². The Morgan fingerprint density at radius 1 is 0.962 bits per heavy atom. The molecule has 2 heterocycles. The molecule has 5 nitrogen and oxygen atoms in total. The Morgan fingerprint density at radius 2 is 1.73 bits per heavy atom. The maximum Gasteiger partial charge on any atom is 0.253 e. The van der Waals surface area contributed by atoms with Crippen molar-refractivity contribution in [1.82, 2.24) is 14.5 Å². The van der Waals surface area contributed by atoms with E-state index in [2.05, 4.69) is 9.88 Å². The number of rotatable bonds is 3. The van der Waals surface area contributed by atoms with Gasteiger partial charge in [0.15, 0.2) is 0 Å². The van der Waals surface area contributed by atoms with Crippen molar-refractivity contribution in [3.05, 3.63) is 77.6 Å². The summed E-state index contributed by atoms with van der Waals surface area (Å²) >= 11 is 6.12. The van der Waals surface area contributed by atoms with E-state index < -0.39 is 0 Å². The number of benzene rings is 2. The van der Waals surface area contributed by atoms with Crippen LogP contribution in [-0.2, 0) is 0 Å². The second kappa shape index (κ2) is 7.22. The number of hydrogen-bond donors (Lipinski definition) is 0. The van der Waals surface area contributed by atoms with Crippen LogP contribution in [0.5, 0.6) is 0 Å². The van der Waals surface area contributed by atoms with Crippen molar-refractivity contribution in [2.24, 2.45) is 0 Å². The summed E-state index contributed by atoms with van der Waals surface area (Å²) < 4.78 is 2.03. The minimum Gasteiger partial charge on any atom is -0.338 e. The third-order valence-electron chi connectivity index (χ3n) is 4.58. The van der Waals surface area contributed by atoms with E-state index >= 15 is 0 Å². The number of aromatic nitrogens is 2. The van der Waals surface area contributed by atoms with E-state index in [0.717, 1.165) is 30.3 Å². The first-order valence-corrected chi connectivity index (χ1v) is 8.99. The molecule has 1 aliphatic rings. The van der Waals surface area contributed by atoms with Crippen LogP contribution in [0, 0.1) is 0 Å². The first-order chi connectivity index (χ1) is 12.7. The Bertz CT molecular complexity index is 901. The molecule has 0 bridgehead atoms. The molecule has 0 radical (unpaired) electrons. The second-order valence-electron chi connectivity index (χ2n) is 6.22. The van der Waals surface area contributed by atoms with Crippen LogP contribution in [0.1, 0.15) is 10.4 Å². The van der Waals surface area contributed by atoms with Gasteiger partial charge in [0, 0.05) is 54.8 Å². The van der Waals surface area contributed by atoms with Crippen molar-refractivity contribution in [3.8, 4) is 5.69 Å². The van der Waals surface area contributed by atoms with E-state index in [9.17, 15) is 4.79 Å². The van der Waals surface area contributed by atoms with Crippen LogP contribution in [-0.4, -0.2) is 46.5 Å². The Hall–Kier alpha value is -2.79. The molecule has 0 aliphatic carbocycles. The summed E-state index contributed by atoms with van der Waals surface area (Å²) in [6, 6.07) is 17.1. The number of nitrogens with zero attached hydrogens (tertiary/aromatic N) is 4. The van der Waals surface area contributed by atoms with E-state index in [4.69, 9.17) is 11.6 Å². The van der Waals surface area contributed by atoms with Gasteiger partial charge in [0.05, 0.1) is 0 Å². The first-order valence-electron chi connectivity index (χ1n) is 8.61. The van der Waals surface area contributed by atoms with Gasteiger partial charge in [-0.1, -0.05) is 35.9 Å². The highest BCUT2D eigenvalue weighted by Gasteiger charge is 2.24. The van der Waals surface area contributed by atoms with Gasteiger partial charge in [-0.3, -0.25) is 9.36 Å². The van der Waals surface area contributed by atoms with Gasteiger partial charge >= 0.3 is 0 Å². The molecule has 0 N–H and O–H groups in total. The Kier molecular flexibility index (Phi) is 4.63. The van der Waals surface area contributed by atoms with Crippen LogP contribution < -0.4 is 4.90 Å². The summed E-state index contributed by atoms with van der Waals surface area (Å²) in [5, 5.41) is 0.695. The predicted molar refractivity (Wildman–Crippen MR) is 103 cm³/mol. The molecule has 1 aromatic heterocycles. The van der Waals surface area contributed by atoms with E-state index in [0.29, 0.717) is 18.1 Å². The van der Waals surface area contributed by atoms with Crippen LogP contribution in [0.15, 0.2) is 67.0 Å². The number of anilines is 1. The van der Waals surface area contributed by atoms with Crippen LogP contribution in [0.3, 0.4) is 0 Å². The van der Waals surface area contributed by atoms with Gasteiger partial charge in [-0.25, -0.2) is 4.98 Å². The summed E-state index contributed by atoms with van der Waals surface area (Å²) in [7, 11) is 0. The molecule has 6 heteroatoms. The van der Waals surface area contributed by atoms with Crippen molar-refractivity contribution in [2.75, 3.05) is 31.1 Å². The second-order valence-corrected chi connectivity index (χ2v) is 6.66. The quantitative estimate of drug-likeness (QED) is 0.712. The van der Waals surface area contributed by atoms with Crippen molar-refractivity contribution in [2.45, 2.75) is 0 Å². The molecule has 132 valence electrons. The van der Waals surface area contributed by atoms with Crippen molar-refractivity contribution < 1.29 is 4.79 Å². The highest BCUT2D eigenvalue weighted by molar-refractivity contribution is 6.30. The highest BCUT2D eigenvalue weighted by atomic mass is 35.5. The molecule has 1 amide bonds. The lowest BCUT2D eigenvalue weighted by molar-refractivity contribution is 0.0746. The van der Waals surface area contributed by atoms with Gasteiger partial charge in [-0.05, 0) is 30.3 Å². The minimum atomic E-state index is 0.0865. The fraction of sp³-hybridized carbons (Fsp3) is 0.200. The monoisotopic (exact) mass is 366 g/mol. The van der Waals surface area contributed by atoms with Crippen LogP contribution in [0.4, 0.5) is 5.95 Å². The summed E-state index contributed by atoms with van der Waals surface area (Å²) in [6.07, 6.45) is 3.72. The zero-order valence-corrected chi connectivity index (χ0v) is 15.0. The maximum atomic E-state index is 12.6. The largest absolute Gasteiger partial charge is 0.338 e. The molecule has 0 saturated carbocycles. The predicted octanol–water partition coefficient (Wildman–Crippen LogP) is 3.49. The van der Waals surface area contributed by atoms with Crippen LogP contribution >= 0.6 is 11.6 Å². The summed E-state index contributed by atoms with van der Waals surface area (Å²) in [5.41, 5.74) is 1.72. The van der Waals surface area contributed by atoms with Crippen LogP contribution in [0.2, 0.25) is 5.02 Å². The van der Waals surface area contributed by atoms with E-state index in [1.165, 1.54) is 0 Å².